The quantitative estimate of drug-likeness (QED) is 0.819. The smallest absolute Gasteiger partial charge is 0.237 e. The average molecular weight is 327 g/mol. The topological polar surface area (TPSA) is 57.5 Å². The van der Waals surface area contributed by atoms with E-state index in [2.05, 4.69) is 34.7 Å². The van der Waals surface area contributed by atoms with Crippen molar-refractivity contribution in [3.63, 3.8) is 0 Å². The van der Waals surface area contributed by atoms with Gasteiger partial charge in [-0.1, -0.05) is 24.3 Å². The third kappa shape index (κ3) is 4.46. The van der Waals surface area contributed by atoms with Gasteiger partial charge in [0.15, 0.2) is 0 Å². The van der Waals surface area contributed by atoms with E-state index in [4.69, 9.17) is 4.42 Å². The molecular weight excluding hydrogens is 302 g/mol. The van der Waals surface area contributed by atoms with Crippen molar-refractivity contribution in [3.8, 4) is 0 Å². The van der Waals surface area contributed by atoms with Crippen LogP contribution < -0.4 is 10.6 Å². The fourth-order valence-electron chi connectivity index (χ4n) is 3.11. The van der Waals surface area contributed by atoms with Crippen LogP contribution in [-0.4, -0.2) is 30.4 Å². The molecule has 1 aliphatic heterocycles. The van der Waals surface area contributed by atoms with Crippen molar-refractivity contribution in [2.75, 3.05) is 13.6 Å². The molecule has 0 aliphatic carbocycles. The molecule has 5 nitrogen and oxygen atoms in total. The molecule has 1 aliphatic rings. The molecule has 0 bridgehead atoms. The highest BCUT2D eigenvalue weighted by molar-refractivity contribution is 5.82. The van der Waals surface area contributed by atoms with Crippen LogP contribution in [0.2, 0.25) is 0 Å². The Bertz CT molecular complexity index is 648. The number of nitrogens with zero attached hydrogens (tertiary/aromatic N) is 1. The summed E-state index contributed by atoms with van der Waals surface area (Å²) in [7, 11) is 2.07. The number of carbonyl (C=O) groups is 1. The van der Waals surface area contributed by atoms with E-state index in [0.29, 0.717) is 6.54 Å². The molecule has 3 rings (SSSR count). The van der Waals surface area contributed by atoms with Gasteiger partial charge < -0.3 is 15.1 Å². The van der Waals surface area contributed by atoms with Gasteiger partial charge in [0.2, 0.25) is 5.91 Å². The molecule has 1 atom stereocenters. The first-order valence-electron chi connectivity index (χ1n) is 8.51. The minimum absolute atomic E-state index is 0.0289. The fraction of sp³-hybridized carbons (Fsp3) is 0.421. The van der Waals surface area contributed by atoms with Crippen molar-refractivity contribution in [3.05, 3.63) is 59.5 Å². The van der Waals surface area contributed by atoms with Crippen LogP contribution in [0.4, 0.5) is 0 Å². The van der Waals surface area contributed by atoms with Crippen LogP contribution >= 0.6 is 0 Å². The van der Waals surface area contributed by atoms with Crippen molar-refractivity contribution in [2.45, 2.75) is 38.5 Å². The van der Waals surface area contributed by atoms with E-state index in [-0.39, 0.29) is 11.9 Å². The molecule has 128 valence electrons. The number of benzene rings is 1. The second-order valence-corrected chi connectivity index (χ2v) is 6.39. The van der Waals surface area contributed by atoms with Crippen LogP contribution in [0, 0.1) is 0 Å². The molecule has 5 heteroatoms. The summed E-state index contributed by atoms with van der Waals surface area (Å²) in [6.45, 7) is 3.09. The van der Waals surface area contributed by atoms with Gasteiger partial charge in [0, 0.05) is 13.1 Å². The molecule has 1 aromatic carbocycles. The Morgan fingerprint density at radius 2 is 2.08 bits per heavy atom. The maximum absolute atomic E-state index is 12.2. The van der Waals surface area contributed by atoms with E-state index >= 15 is 0 Å². The predicted molar refractivity (Wildman–Crippen MR) is 93.2 cm³/mol. The van der Waals surface area contributed by atoms with Gasteiger partial charge in [-0.25, -0.2) is 0 Å². The molecule has 2 N–H and O–H groups in total. The summed E-state index contributed by atoms with van der Waals surface area (Å²) in [4.78, 5) is 14.4. The highest BCUT2D eigenvalue weighted by atomic mass is 16.3. The molecule has 1 aromatic heterocycles. The number of nitrogens with one attached hydrogen (secondary N) is 2. The van der Waals surface area contributed by atoms with Crippen LogP contribution in [0.15, 0.2) is 47.1 Å². The second-order valence-electron chi connectivity index (χ2n) is 6.39. The Balaban J connectivity index is 1.56. The third-order valence-corrected chi connectivity index (χ3v) is 4.39. The van der Waals surface area contributed by atoms with Crippen molar-refractivity contribution < 1.29 is 9.21 Å². The highest BCUT2D eigenvalue weighted by Crippen LogP contribution is 2.14. The van der Waals surface area contributed by atoms with E-state index in [1.54, 1.807) is 6.26 Å². The van der Waals surface area contributed by atoms with Crippen LogP contribution in [0.5, 0.6) is 0 Å². The van der Waals surface area contributed by atoms with Crippen molar-refractivity contribution in [1.29, 1.82) is 0 Å². The van der Waals surface area contributed by atoms with Gasteiger partial charge >= 0.3 is 0 Å². The summed E-state index contributed by atoms with van der Waals surface area (Å²) < 4.78 is 5.40. The van der Waals surface area contributed by atoms with Crippen LogP contribution in [-0.2, 0) is 24.4 Å². The lowest BCUT2D eigenvalue weighted by molar-refractivity contribution is -0.122. The van der Waals surface area contributed by atoms with Gasteiger partial charge in [0.1, 0.15) is 5.76 Å². The molecule has 1 saturated heterocycles. The van der Waals surface area contributed by atoms with Crippen LogP contribution in [0.1, 0.15) is 29.7 Å². The molecule has 2 aromatic rings. The van der Waals surface area contributed by atoms with E-state index in [0.717, 1.165) is 43.8 Å². The van der Waals surface area contributed by atoms with Crippen molar-refractivity contribution in [2.24, 2.45) is 0 Å². The predicted octanol–water partition coefficient (Wildman–Crippen LogP) is 2.28. The maximum atomic E-state index is 12.2. The van der Waals surface area contributed by atoms with Gasteiger partial charge in [0.05, 0.1) is 18.8 Å². The zero-order valence-electron chi connectivity index (χ0n) is 14.1. The fourth-order valence-corrected chi connectivity index (χ4v) is 3.11. The van der Waals surface area contributed by atoms with E-state index in [9.17, 15) is 4.79 Å². The van der Waals surface area contributed by atoms with Gasteiger partial charge in [-0.3, -0.25) is 9.69 Å². The summed E-state index contributed by atoms with van der Waals surface area (Å²) >= 11 is 0. The number of carbonyl (C=O) groups excluding carboxylic acids is 1. The Morgan fingerprint density at radius 3 is 2.79 bits per heavy atom. The number of hydrogen-bond donors (Lipinski definition) is 2. The first-order valence-corrected chi connectivity index (χ1v) is 8.51. The Morgan fingerprint density at radius 1 is 1.25 bits per heavy atom. The summed E-state index contributed by atoms with van der Waals surface area (Å²) in [6.07, 6.45) is 3.70. The first kappa shape index (κ1) is 16.7. The Kier molecular flexibility index (Phi) is 5.67. The van der Waals surface area contributed by atoms with Gasteiger partial charge in [-0.05, 0) is 49.7 Å². The summed E-state index contributed by atoms with van der Waals surface area (Å²) in [6, 6.07) is 12.1. The zero-order valence-corrected chi connectivity index (χ0v) is 14.1. The maximum Gasteiger partial charge on any atom is 0.237 e. The summed E-state index contributed by atoms with van der Waals surface area (Å²) in [5, 5.41) is 6.30. The standard InChI is InChI=1S/C19H25N3O2/c1-22(14-17-8-5-11-24-17)13-16-7-3-2-6-15(16)12-21-19(23)18-9-4-10-20-18/h2-3,5-8,11,18,20H,4,9-10,12-14H2,1H3,(H,21,23). The van der Waals surface area contributed by atoms with Crippen molar-refractivity contribution >= 4 is 5.91 Å². The normalized spacial score (nSPS) is 17.3. The first-order chi connectivity index (χ1) is 11.7. The minimum Gasteiger partial charge on any atom is -0.468 e. The lowest BCUT2D eigenvalue weighted by atomic mass is 10.1. The second kappa shape index (κ2) is 8.13. The van der Waals surface area contributed by atoms with Crippen LogP contribution in [0.25, 0.3) is 0 Å². The van der Waals surface area contributed by atoms with E-state index in [1.807, 2.05) is 24.3 Å². The number of furan rings is 1. The molecule has 0 saturated carbocycles. The average Bonchev–Trinajstić information content (AvgIpc) is 3.27. The molecule has 24 heavy (non-hydrogen) atoms. The van der Waals surface area contributed by atoms with E-state index in [1.165, 1.54) is 5.56 Å². The van der Waals surface area contributed by atoms with E-state index < -0.39 is 0 Å². The summed E-state index contributed by atoms with van der Waals surface area (Å²) in [5.74, 6) is 1.06. The molecule has 0 radical (unpaired) electrons. The lowest BCUT2D eigenvalue weighted by Crippen LogP contribution is -2.40. The molecule has 0 spiro atoms. The molecular formula is C19H25N3O2. The number of hydrogen-bond acceptors (Lipinski definition) is 4. The van der Waals surface area contributed by atoms with Crippen LogP contribution in [0.3, 0.4) is 0 Å². The summed E-state index contributed by atoms with van der Waals surface area (Å²) in [5.41, 5.74) is 2.39. The Hall–Kier alpha value is -2.11. The third-order valence-electron chi connectivity index (χ3n) is 4.39. The largest absolute Gasteiger partial charge is 0.468 e. The van der Waals surface area contributed by atoms with Crippen molar-refractivity contribution in [1.82, 2.24) is 15.5 Å². The monoisotopic (exact) mass is 327 g/mol. The lowest BCUT2D eigenvalue weighted by Gasteiger charge is -2.18. The molecule has 1 unspecified atom stereocenters. The molecule has 1 amide bonds. The minimum atomic E-state index is -0.0289. The van der Waals surface area contributed by atoms with Gasteiger partial charge in [-0.2, -0.15) is 0 Å². The SMILES string of the molecule is CN(Cc1ccco1)Cc1ccccc1CNC(=O)C1CCCN1. The highest BCUT2D eigenvalue weighted by Gasteiger charge is 2.21. The molecule has 2 heterocycles. The van der Waals surface area contributed by atoms with Gasteiger partial charge in [0.25, 0.3) is 0 Å². The number of rotatable bonds is 7. The molecule has 1 fully saturated rings. The Labute approximate surface area is 143 Å². The zero-order chi connectivity index (χ0) is 16.8. The van der Waals surface area contributed by atoms with Gasteiger partial charge in [-0.15, -0.1) is 0 Å². The number of amides is 1.